The van der Waals surface area contributed by atoms with Gasteiger partial charge >= 0.3 is 0 Å². The molecule has 8 unspecified atom stereocenters. The molecule has 13 nitrogen and oxygen atoms in total. The number of nitrogens with one attached hydrogen (secondary N) is 1. The number of amides is 1. The first-order chi connectivity index (χ1) is 29.8. The van der Waals surface area contributed by atoms with Crippen LogP contribution in [-0.2, 0) is 18.4 Å². The zero-order chi connectivity index (χ0) is 45.9. The molecule has 0 radical (unpaired) electrons. The molecule has 0 aromatic rings. The third-order valence-electron chi connectivity index (χ3n) is 12.7. The summed E-state index contributed by atoms with van der Waals surface area (Å²) in [5, 5.41) is 75.1. The van der Waals surface area contributed by atoms with E-state index in [2.05, 4.69) is 19.2 Å². The summed E-state index contributed by atoms with van der Waals surface area (Å²) in [5.74, 6) is -0.836. The van der Waals surface area contributed by atoms with Crippen LogP contribution < -0.4 is 10.2 Å². The molecule has 1 amide bonds. The molecular formula is C48H95NO12P-. The van der Waals surface area contributed by atoms with Gasteiger partial charge in [0.05, 0.1) is 31.0 Å². The summed E-state index contributed by atoms with van der Waals surface area (Å²) in [6.45, 7) is 3.62. The average molecular weight is 909 g/mol. The lowest BCUT2D eigenvalue weighted by Gasteiger charge is -2.40. The summed E-state index contributed by atoms with van der Waals surface area (Å²) in [6.07, 6.45) is 25.3. The monoisotopic (exact) mass is 909 g/mol. The molecule has 0 bridgehead atoms. The Morgan fingerprint density at radius 3 is 1.31 bits per heavy atom. The van der Waals surface area contributed by atoms with Gasteiger partial charge in [0.25, 0.3) is 7.82 Å². The summed E-state index contributed by atoms with van der Waals surface area (Å²) < 4.78 is 22.7. The van der Waals surface area contributed by atoms with Gasteiger partial charge in [-0.3, -0.25) is 9.36 Å². The third-order valence-corrected chi connectivity index (χ3v) is 13.7. The van der Waals surface area contributed by atoms with Crippen molar-refractivity contribution in [2.45, 2.75) is 293 Å². The lowest BCUT2D eigenvalue weighted by Crippen LogP contribution is -2.56. The zero-order valence-electron chi connectivity index (χ0n) is 39.3. The second kappa shape index (κ2) is 38.4. The molecule has 0 aliphatic heterocycles. The number of aliphatic hydroxyl groups is 7. The van der Waals surface area contributed by atoms with Crippen molar-refractivity contribution in [3.05, 3.63) is 0 Å². The van der Waals surface area contributed by atoms with Crippen molar-refractivity contribution < 1.29 is 59.0 Å². The first-order valence-electron chi connectivity index (χ1n) is 25.5. The smallest absolute Gasteiger partial charge is 0.268 e. The molecule has 10 atom stereocenters. The van der Waals surface area contributed by atoms with Crippen molar-refractivity contribution in [3.63, 3.8) is 0 Å². The number of carbonyl (C=O) groups excluding carboxylic acids is 1. The van der Waals surface area contributed by atoms with Crippen LogP contribution in [0.2, 0.25) is 0 Å². The number of unbranched alkanes of at least 4 members (excludes halogenated alkanes) is 30. The quantitative estimate of drug-likeness (QED) is 0.0213. The Balaban J connectivity index is 2.45. The van der Waals surface area contributed by atoms with Crippen LogP contribution in [0, 0.1) is 0 Å². The van der Waals surface area contributed by atoms with Gasteiger partial charge in [-0.25, -0.2) is 0 Å². The predicted molar refractivity (Wildman–Crippen MR) is 245 cm³/mol. The van der Waals surface area contributed by atoms with Crippen LogP contribution >= 0.6 is 7.82 Å². The van der Waals surface area contributed by atoms with E-state index in [4.69, 9.17) is 9.05 Å². The van der Waals surface area contributed by atoms with E-state index in [1.54, 1.807) is 0 Å². The van der Waals surface area contributed by atoms with Crippen molar-refractivity contribution in [2.24, 2.45) is 0 Å². The minimum Gasteiger partial charge on any atom is -0.756 e. The second-order valence-corrected chi connectivity index (χ2v) is 19.9. The molecule has 0 aromatic heterocycles. The summed E-state index contributed by atoms with van der Waals surface area (Å²) in [6, 6.07) is -1.44. The second-order valence-electron chi connectivity index (χ2n) is 18.5. The Kier molecular flexibility index (Phi) is 36.7. The first kappa shape index (κ1) is 59.3. The number of rotatable bonds is 43. The molecule has 0 spiro atoms. The highest BCUT2D eigenvalue weighted by molar-refractivity contribution is 7.45. The summed E-state index contributed by atoms with van der Waals surface area (Å²) in [4.78, 5) is 25.9. The summed E-state index contributed by atoms with van der Waals surface area (Å²) >= 11 is 0. The Bertz CT molecular complexity index is 1090. The molecule has 14 heteroatoms. The van der Waals surface area contributed by atoms with Gasteiger partial charge in [0.15, 0.2) is 0 Å². The van der Waals surface area contributed by atoms with Gasteiger partial charge in [-0.05, 0) is 12.8 Å². The Labute approximate surface area is 377 Å². The van der Waals surface area contributed by atoms with Crippen LogP contribution in [0.15, 0.2) is 0 Å². The van der Waals surface area contributed by atoms with Gasteiger partial charge in [-0.15, -0.1) is 0 Å². The molecule has 62 heavy (non-hydrogen) atoms. The molecule has 0 heterocycles. The van der Waals surface area contributed by atoms with Crippen molar-refractivity contribution in [3.8, 4) is 0 Å². The van der Waals surface area contributed by atoms with Crippen LogP contribution in [-0.4, -0.2) is 103 Å². The molecule has 1 aliphatic rings. The zero-order valence-corrected chi connectivity index (χ0v) is 40.2. The molecule has 8 N–H and O–H groups in total. The van der Waals surface area contributed by atoms with Crippen molar-refractivity contribution in [1.29, 1.82) is 0 Å². The lowest BCUT2D eigenvalue weighted by atomic mass is 9.87. The van der Waals surface area contributed by atoms with Gasteiger partial charge in [0.2, 0.25) is 5.91 Å². The Morgan fingerprint density at radius 1 is 0.565 bits per heavy atom. The number of hydrogen-bond acceptors (Lipinski definition) is 12. The predicted octanol–water partition coefficient (Wildman–Crippen LogP) is 8.57. The molecule has 1 aliphatic carbocycles. The normalized spacial score (nSPS) is 22.3. The summed E-state index contributed by atoms with van der Waals surface area (Å²) in [7, 11) is -5.28. The minimum atomic E-state index is -5.28. The molecule has 0 saturated heterocycles. The van der Waals surface area contributed by atoms with Crippen LogP contribution in [0.1, 0.15) is 239 Å². The average Bonchev–Trinajstić information content (AvgIpc) is 3.25. The molecule has 1 rings (SSSR count). The lowest BCUT2D eigenvalue weighted by molar-refractivity contribution is -0.244. The van der Waals surface area contributed by atoms with Crippen LogP contribution in [0.4, 0.5) is 0 Å². The maximum atomic E-state index is 13.1. The highest BCUT2D eigenvalue weighted by atomic mass is 31.2. The number of phosphoric ester groups is 1. The standard InChI is InChI=1S/C48H96NO12P/c1-3-5-7-9-11-13-15-17-18-19-20-21-22-23-24-26-28-30-32-34-36-41(51)48(57)49-39(38-60-62(58,59)61-43-37-42(52)45(54)47(56)46(43)55)44(53)40(50)35-33-31-29-27-25-16-14-12-10-8-6-4-2/h39-47,50-56H,3-38H2,1-2H3,(H,49,57)(H,58,59)/p-1/t39?,40?,41?,42-,43?,44?,45?,46-,47?/m0/s1. The fourth-order valence-corrected chi connectivity index (χ4v) is 9.45. The number of hydrogen-bond donors (Lipinski definition) is 8. The van der Waals surface area contributed by atoms with E-state index >= 15 is 0 Å². The summed E-state index contributed by atoms with van der Waals surface area (Å²) in [5.41, 5.74) is 0. The number of phosphoric acid groups is 1. The first-order valence-corrected chi connectivity index (χ1v) is 27.0. The highest BCUT2D eigenvalue weighted by Gasteiger charge is 2.44. The van der Waals surface area contributed by atoms with Gasteiger partial charge in [-0.2, -0.15) is 0 Å². The molecule has 1 saturated carbocycles. The van der Waals surface area contributed by atoms with E-state index in [9.17, 15) is 50.0 Å². The van der Waals surface area contributed by atoms with Crippen LogP contribution in [0.3, 0.4) is 0 Å². The fraction of sp³-hybridized carbons (Fsp3) is 0.979. The van der Waals surface area contributed by atoms with Crippen LogP contribution in [0.25, 0.3) is 0 Å². The maximum Gasteiger partial charge on any atom is 0.268 e. The SMILES string of the molecule is CCCCCCCCCCCCCCCCCCCCCCC(O)C(=O)NC(COP(=O)([O-])OC1C[C@H](O)C(O)C(O)[C@H]1O)C(O)C(O)CCCCCCCCCCCCCC. The fourth-order valence-electron chi connectivity index (χ4n) is 8.50. The van der Waals surface area contributed by atoms with E-state index in [0.717, 1.165) is 44.9 Å². The molecule has 0 aromatic carbocycles. The van der Waals surface area contributed by atoms with E-state index in [1.165, 1.54) is 148 Å². The van der Waals surface area contributed by atoms with Gasteiger partial charge in [0.1, 0.15) is 30.5 Å². The van der Waals surface area contributed by atoms with Crippen molar-refractivity contribution >= 4 is 13.7 Å². The Morgan fingerprint density at radius 2 is 0.919 bits per heavy atom. The topological polar surface area (TPSA) is 229 Å². The van der Waals surface area contributed by atoms with Gasteiger partial charge in [-0.1, -0.05) is 219 Å². The van der Waals surface area contributed by atoms with E-state index in [-0.39, 0.29) is 12.8 Å². The van der Waals surface area contributed by atoms with E-state index in [0.29, 0.717) is 12.8 Å². The van der Waals surface area contributed by atoms with E-state index in [1.807, 2.05) is 0 Å². The van der Waals surface area contributed by atoms with Gasteiger partial charge < -0.3 is 55.0 Å². The largest absolute Gasteiger partial charge is 0.756 e. The third kappa shape index (κ3) is 29.8. The van der Waals surface area contributed by atoms with Gasteiger partial charge in [0, 0.05) is 6.42 Å². The molecule has 1 fully saturated rings. The minimum absolute atomic E-state index is 0.176. The van der Waals surface area contributed by atoms with Crippen LogP contribution in [0.5, 0.6) is 0 Å². The molecule has 370 valence electrons. The maximum absolute atomic E-state index is 13.1. The van der Waals surface area contributed by atoms with Crippen molar-refractivity contribution in [2.75, 3.05) is 6.61 Å². The highest BCUT2D eigenvalue weighted by Crippen LogP contribution is 2.43. The number of aliphatic hydroxyl groups excluding tert-OH is 7. The number of carbonyl (C=O) groups is 1. The Hall–Kier alpha value is -0.700. The van der Waals surface area contributed by atoms with E-state index < -0.39 is 81.6 Å². The molecular weight excluding hydrogens is 813 g/mol. The van der Waals surface area contributed by atoms with Crippen molar-refractivity contribution in [1.82, 2.24) is 5.32 Å².